The molecule has 1 aliphatic heterocycles. The van der Waals surface area contributed by atoms with E-state index in [1.54, 1.807) is 0 Å². The van der Waals surface area contributed by atoms with E-state index in [1.165, 1.54) is 22.4 Å². The van der Waals surface area contributed by atoms with Crippen LogP contribution in [-0.4, -0.2) is 0 Å². The maximum absolute atomic E-state index is 6.01. The fourth-order valence-electron chi connectivity index (χ4n) is 2.49. The molecular weight excluding hydrogens is 230 g/mol. The van der Waals surface area contributed by atoms with E-state index in [9.17, 15) is 0 Å². The first-order valence-electron chi connectivity index (χ1n) is 5.84. The molecule has 0 bridgehead atoms. The van der Waals surface area contributed by atoms with Crippen molar-refractivity contribution in [3.63, 3.8) is 0 Å². The molecule has 0 saturated carbocycles. The van der Waals surface area contributed by atoms with E-state index < -0.39 is 0 Å². The first-order valence-corrected chi connectivity index (χ1v) is 6.22. The number of halogens is 1. The maximum atomic E-state index is 6.01. The Hall–Kier alpha value is -1.47. The highest BCUT2D eigenvalue weighted by atomic mass is 35.5. The molecule has 0 aliphatic carbocycles. The molecule has 0 aromatic heterocycles. The summed E-state index contributed by atoms with van der Waals surface area (Å²) in [5, 5.41) is 4.34. The van der Waals surface area contributed by atoms with Crippen molar-refractivity contribution in [2.75, 3.05) is 5.32 Å². The molecule has 2 aromatic carbocycles. The van der Waals surface area contributed by atoms with Crippen LogP contribution in [0, 0.1) is 6.92 Å². The summed E-state index contributed by atoms with van der Waals surface area (Å²) in [4.78, 5) is 0. The molecule has 1 unspecified atom stereocenters. The summed E-state index contributed by atoms with van der Waals surface area (Å²) >= 11 is 6.01. The minimum Gasteiger partial charge on any atom is -0.378 e. The Balaban J connectivity index is 1.94. The van der Waals surface area contributed by atoms with Gasteiger partial charge >= 0.3 is 0 Å². The van der Waals surface area contributed by atoms with E-state index in [-0.39, 0.29) is 0 Å². The van der Waals surface area contributed by atoms with Crippen molar-refractivity contribution < 1.29 is 0 Å². The lowest BCUT2D eigenvalue weighted by Crippen LogP contribution is -2.07. The molecular formula is C15H14ClN. The molecule has 3 rings (SSSR count). The molecule has 86 valence electrons. The van der Waals surface area contributed by atoms with Crippen LogP contribution in [0.2, 0.25) is 5.02 Å². The Morgan fingerprint density at radius 2 is 2.00 bits per heavy atom. The largest absolute Gasteiger partial charge is 0.378 e. The van der Waals surface area contributed by atoms with Gasteiger partial charge in [-0.05, 0) is 42.2 Å². The highest BCUT2D eigenvalue weighted by molar-refractivity contribution is 6.30. The monoisotopic (exact) mass is 243 g/mol. The second-order valence-electron chi connectivity index (χ2n) is 4.56. The van der Waals surface area contributed by atoms with Crippen molar-refractivity contribution in [1.29, 1.82) is 0 Å². The third-order valence-electron chi connectivity index (χ3n) is 3.39. The minimum atomic E-state index is 0.379. The number of rotatable bonds is 1. The summed E-state index contributed by atoms with van der Waals surface area (Å²) < 4.78 is 0. The standard InChI is InChI=1S/C15H14ClN/c1-10-4-2-3-5-13(10)15-8-11-6-7-12(16)9-14(11)17-15/h2-7,9,15,17H,8H2,1H3. The predicted octanol–water partition coefficient (Wildman–Crippen LogP) is 4.36. The first-order chi connectivity index (χ1) is 8.24. The summed E-state index contributed by atoms with van der Waals surface area (Å²) in [6.07, 6.45) is 1.04. The van der Waals surface area contributed by atoms with E-state index >= 15 is 0 Å². The average Bonchev–Trinajstić information content (AvgIpc) is 2.72. The van der Waals surface area contributed by atoms with Gasteiger partial charge in [-0.2, -0.15) is 0 Å². The third kappa shape index (κ3) is 1.91. The van der Waals surface area contributed by atoms with Gasteiger partial charge in [-0.3, -0.25) is 0 Å². The van der Waals surface area contributed by atoms with Crippen LogP contribution >= 0.6 is 11.6 Å². The van der Waals surface area contributed by atoms with Crippen molar-refractivity contribution in [3.8, 4) is 0 Å². The molecule has 0 amide bonds. The molecule has 1 N–H and O–H groups in total. The molecule has 17 heavy (non-hydrogen) atoms. The van der Waals surface area contributed by atoms with E-state index in [2.05, 4.69) is 42.6 Å². The summed E-state index contributed by atoms with van der Waals surface area (Å²) in [7, 11) is 0. The molecule has 0 radical (unpaired) electrons. The number of anilines is 1. The van der Waals surface area contributed by atoms with Crippen LogP contribution in [0.3, 0.4) is 0 Å². The van der Waals surface area contributed by atoms with Gasteiger partial charge in [0.15, 0.2) is 0 Å². The zero-order chi connectivity index (χ0) is 11.8. The van der Waals surface area contributed by atoms with E-state index in [4.69, 9.17) is 11.6 Å². The lowest BCUT2D eigenvalue weighted by molar-refractivity contribution is 0.816. The van der Waals surface area contributed by atoms with E-state index in [1.807, 2.05) is 12.1 Å². The van der Waals surface area contributed by atoms with Gasteiger partial charge in [-0.1, -0.05) is 41.9 Å². The molecule has 1 atom stereocenters. The van der Waals surface area contributed by atoms with Crippen molar-refractivity contribution in [3.05, 3.63) is 64.2 Å². The Bertz CT molecular complexity index is 563. The Labute approximate surface area is 106 Å². The van der Waals surface area contributed by atoms with Gasteiger partial charge in [0, 0.05) is 10.7 Å². The average molecular weight is 244 g/mol. The van der Waals surface area contributed by atoms with Crippen LogP contribution in [0.15, 0.2) is 42.5 Å². The normalized spacial score (nSPS) is 17.6. The smallest absolute Gasteiger partial charge is 0.0557 e. The fraction of sp³-hybridized carbons (Fsp3) is 0.200. The topological polar surface area (TPSA) is 12.0 Å². The third-order valence-corrected chi connectivity index (χ3v) is 3.62. The van der Waals surface area contributed by atoms with Crippen molar-refractivity contribution in [1.82, 2.24) is 0 Å². The summed E-state index contributed by atoms with van der Waals surface area (Å²) in [5.74, 6) is 0. The zero-order valence-corrected chi connectivity index (χ0v) is 10.5. The molecule has 1 heterocycles. The maximum Gasteiger partial charge on any atom is 0.0557 e. The molecule has 0 saturated heterocycles. The van der Waals surface area contributed by atoms with Gasteiger partial charge in [0.05, 0.1) is 6.04 Å². The number of aryl methyl sites for hydroxylation is 1. The van der Waals surface area contributed by atoms with Crippen LogP contribution in [0.25, 0.3) is 0 Å². The SMILES string of the molecule is Cc1ccccc1C1Cc2ccc(Cl)cc2N1. The van der Waals surface area contributed by atoms with Gasteiger partial charge in [-0.15, -0.1) is 0 Å². The highest BCUT2D eigenvalue weighted by Gasteiger charge is 2.22. The zero-order valence-electron chi connectivity index (χ0n) is 9.70. The number of hydrogen-bond acceptors (Lipinski definition) is 1. The lowest BCUT2D eigenvalue weighted by atomic mass is 9.99. The minimum absolute atomic E-state index is 0.379. The number of hydrogen-bond donors (Lipinski definition) is 1. The van der Waals surface area contributed by atoms with Crippen LogP contribution in [0.4, 0.5) is 5.69 Å². The van der Waals surface area contributed by atoms with Crippen LogP contribution < -0.4 is 5.32 Å². The van der Waals surface area contributed by atoms with E-state index in [0.717, 1.165) is 11.4 Å². The molecule has 0 spiro atoms. The van der Waals surface area contributed by atoms with E-state index in [0.29, 0.717) is 6.04 Å². The summed E-state index contributed by atoms with van der Waals surface area (Å²) in [6, 6.07) is 15.0. The second-order valence-corrected chi connectivity index (χ2v) is 5.00. The number of nitrogens with one attached hydrogen (secondary N) is 1. The number of benzene rings is 2. The van der Waals surface area contributed by atoms with Crippen molar-refractivity contribution >= 4 is 17.3 Å². The van der Waals surface area contributed by atoms with Crippen LogP contribution in [-0.2, 0) is 6.42 Å². The molecule has 1 aliphatic rings. The summed E-state index contributed by atoms with van der Waals surface area (Å²) in [6.45, 7) is 2.16. The highest BCUT2D eigenvalue weighted by Crippen LogP contribution is 2.36. The fourth-order valence-corrected chi connectivity index (χ4v) is 2.66. The second kappa shape index (κ2) is 4.08. The first kappa shape index (κ1) is 10.7. The molecule has 0 fully saturated rings. The van der Waals surface area contributed by atoms with Crippen LogP contribution in [0.1, 0.15) is 22.7 Å². The summed E-state index contributed by atoms with van der Waals surface area (Å²) in [5.41, 5.74) is 5.23. The van der Waals surface area contributed by atoms with Crippen molar-refractivity contribution in [2.45, 2.75) is 19.4 Å². The van der Waals surface area contributed by atoms with Gasteiger partial charge in [0.2, 0.25) is 0 Å². The van der Waals surface area contributed by atoms with Gasteiger partial charge < -0.3 is 5.32 Å². The Morgan fingerprint density at radius 1 is 1.18 bits per heavy atom. The molecule has 2 aromatic rings. The van der Waals surface area contributed by atoms with Gasteiger partial charge in [0.1, 0.15) is 0 Å². The molecule has 1 nitrogen and oxygen atoms in total. The van der Waals surface area contributed by atoms with Gasteiger partial charge in [-0.25, -0.2) is 0 Å². The Kier molecular flexibility index (Phi) is 2.56. The Morgan fingerprint density at radius 3 is 2.82 bits per heavy atom. The quantitative estimate of drug-likeness (QED) is 0.785. The van der Waals surface area contributed by atoms with Gasteiger partial charge in [0.25, 0.3) is 0 Å². The molecule has 2 heteroatoms. The lowest BCUT2D eigenvalue weighted by Gasteiger charge is -2.14. The van der Waals surface area contributed by atoms with Crippen molar-refractivity contribution in [2.24, 2.45) is 0 Å². The number of fused-ring (bicyclic) bond motifs is 1. The predicted molar refractivity (Wildman–Crippen MR) is 72.7 cm³/mol. The van der Waals surface area contributed by atoms with Crippen LogP contribution in [0.5, 0.6) is 0 Å².